The Morgan fingerprint density at radius 2 is 2.05 bits per heavy atom. The second-order valence-corrected chi connectivity index (χ2v) is 6.82. The van der Waals surface area contributed by atoms with Crippen molar-refractivity contribution < 1.29 is 5.11 Å². The highest BCUT2D eigenvalue weighted by molar-refractivity contribution is 7.09. The first kappa shape index (κ1) is 13.8. The summed E-state index contributed by atoms with van der Waals surface area (Å²) in [7, 11) is 0. The molecular formula is C18H22OS. The molecule has 2 aromatic rings. The molecule has 0 amide bonds. The summed E-state index contributed by atoms with van der Waals surface area (Å²) in [6.45, 7) is 0. The zero-order chi connectivity index (χ0) is 13.8. The Hall–Kier alpha value is -1.12. The van der Waals surface area contributed by atoms with Gasteiger partial charge in [-0.15, -0.1) is 11.3 Å². The second kappa shape index (κ2) is 6.55. The van der Waals surface area contributed by atoms with Crippen LogP contribution in [0, 0.1) is 0 Å². The number of fused-ring (bicyclic) bond motifs is 1. The first-order chi connectivity index (χ1) is 9.81. The van der Waals surface area contributed by atoms with Crippen molar-refractivity contribution in [2.75, 3.05) is 0 Å². The minimum atomic E-state index is -0.200. The van der Waals surface area contributed by atoms with Crippen LogP contribution in [0.25, 0.3) is 0 Å². The van der Waals surface area contributed by atoms with Gasteiger partial charge in [-0.1, -0.05) is 24.3 Å². The van der Waals surface area contributed by atoms with E-state index < -0.39 is 0 Å². The average molecular weight is 286 g/mol. The highest BCUT2D eigenvalue weighted by Crippen LogP contribution is 2.23. The zero-order valence-corrected chi connectivity index (χ0v) is 12.7. The van der Waals surface area contributed by atoms with Crippen molar-refractivity contribution in [3.8, 4) is 0 Å². The molecule has 1 heterocycles. The zero-order valence-electron chi connectivity index (χ0n) is 11.8. The Labute approximate surface area is 125 Å². The SMILES string of the molecule is OC(CCCc1cccs1)Cc1ccc2c(c1)CCC2. The third-order valence-corrected chi connectivity index (χ3v) is 5.11. The van der Waals surface area contributed by atoms with E-state index in [4.69, 9.17) is 0 Å². The van der Waals surface area contributed by atoms with Crippen LogP contribution in [0.4, 0.5) is 0 Å². The summed E-state index contributed by atoms with van der Waals surface area (Å²) in [6.07, 6.45) is 7.42. The lowest BCUT2D eigenvalue weighted by atomic mass is 9.99. The highest BCUT2D eigenvalue weighted by atomic mass is 32.1. The van der Waals surface area contributed by atoms with Crippen LogP contribution in [0.2, 0.25) is 0 Å². The van der Waals surface area contributed by atoms with E-state index in [9.17, 15) is 5.11 Å². The van der Waals surface area contributed by atoms with Crippen molar-refractivity contribution in [3.05, 3.63) is 57.3 Å². The fourth-order valence-electron chi connectivity index (χ4n) is 3.09. The summed E-state index contributed by atoms with van der Waals surface area (Å²) in [5.74, 6) is 0. The lowest BCUT2D eigenvalue weighted by Crippen LogP contribution is -2.10. The fourth-order valence-corrected chi connectivity index (χ4v) is 3.84. The van der Waals surface area contributed by atoms with Gasteiger partial charge < -0.3 is 5.11 Å². The molecule has 106 valence electrons. The van der Waals surface area contributed by atoms with Crippen LogP contribution in [0.15, 0.2) is 35.7 Å². The number of hydrogen-bond acceptors (Lipinski definition) is 2. The Kier molecular flexibility index (Phi) is 4.54. The number of aryl methyl sites for hydroxylation is 3. The molecule has 1 atom stereocenters. The van der Waals surface area contributed by atoms with Crippen molar-refractivity contribution in [3.63, 3.8) is 0 Å². The normalized spacial score (nSPS) is 15.2. The van der Waals surface area contributed by atoms with Crippen LogP contribution in [0.5, 0.6) is 0 Å². The molecule has 0 saturated carbocycles. The molecule has 0 aliphatic heterocycles. The predicted molar refractivity (Wildman–Crippen MR) is 85.4 cm³/mol. The second-order valence-electron chi connectivity index (χ2n) is 5.79. The molecule has 0 spiro atoms. The Balaban J connectivity index is 1.47. The maximum Gasteiger partial charge on any atom is 0.0580 e. The third-order valence-electron chi connectivity index (χ3n) is 4.17. The monoisotopic (exact) mass is 286 g/mol. The van der Waals surface area contributed by atoms with Gasteiger partial charge in [0.1, 0.15) is 0 Å². The van der Waals surface area contributed by atoms with Crippen LogP contribution >= 0.6 is 11.3 Å². The Morgan fingerprint density at radius 3 is 2.90 bits per heavy atom. The summed E-state index contributed by atoms with van der Waals surface area (Å²) in [4.78, 5) is 1.43. The molecule has 1 N–H and O–H groups in total. The Bertz CT molecular complexity index is 545. The summed E-state index contributed by atoms with van der Waals surface area (Å²) in [6, 6.07) is 11.0. The maximum absolute atomic E-state index is 10.2. The van der Waals surface area contributed by atoms with Gasteiger partial charge in [0.15, 0.2) is 0 Å². The van der Waals surface area contributed by atoms with E-state index in [0.717, 1.165) is 25.7 Å². The topological polar surface area (TPSA) is 20.2 Å². The quantitative estimate of drug-likeness (QED) is 0.845. The van der Waals surface area contributed by atoms with Gasteiger partial charge in [-0.25, -0.2) is 0 Å². The predicted octanol–water partition coefficient (Wildman–Crippen LogP) is 4.16. The van der Waals surface area contributed by atoms with Gasteiger partial charge in [0.25, 0.3) is 0 Å². The molecule has 1 unspecified atom stereocenters. The minimum Gasteiger partial charge on any atom is -0.393 e. The molecule has 0 fully saturated rings. The van der Waals surface area contributed by atoms with E-state index in [0.29, 0.717) is 0 Å². The van der Waals surface area contributed by atoms with Gasteiger partial charge in [0, 0.05) is 4.88 Å². The van der Waals surface area contributed by atoms with Crippen molar-refractivity contribution >= 4 is 11.3 Å². The molecule has 3 rings (SSSR count). The molecule has 0 bridgehead atoms. The van der Waals surface area contributed by atoms with E-state index in [-0.39, 0.29) is 6.10 Å². The van der Waals surface area contributed by atoms with Gasteiger partial charge in [0.2, 0.25) is 0 Å². The number of rotatable bonds is 6. The number of aliphatic hydroxyl groups excluding tert-OH is 1. The van der Waals surface area contributed by atoms with Gasteiger partial charge in [-0.3, -0.25) is 0 Å². The standard InChI is InChI=1S/C18H22OS/c19-17(6-2-7-18-8-3-11-20-18)13-14-9-10-15-4-1-5-16(15)12-14/h3,8-12,17,19H,1-2,4-7,13H2. The fraction of sp³-hybridized carbons (Fsp3) is 0.444. The Morgan fingerprint density at radius 1 is 1.15 bits per heavy atom. The summed E-state index contributed by atoms with van der Waals surface area (Å²) >= 11 is 1.81. The van der Waals surface area contributed by atoms with E-state index in [1.54, 1.807) is 0 Å². The van der Waals surface area contributed by atoms with Gasteiger partial charge in [-0.2, -0.15) is 0 Å². The van der Waals surface area contributed by atoms with Gasteiger partial charge >= 0.3 is 0 Å². The van der Waals surface area contributed by atoms with Crippen molar-refractivity contribution in [1.82, 2.24) is 0 Å². The van der Waals surface area contributed by atoms with Crippen molar-refractivity contribution in [2.45, 2.75) is 51.0 Å². The van der Waals surface area contributed by atoms with Crippen LogP contribution < -0.4 is 0 Å². The van der Waals surface area contributed by atoms with E-state index >= 15 is 0 Å². The molecule has 1 nitrogen and oxygen atoms in total. The summed E-state index contributed by atoms with van der Waals surface area (Å²) < 4.78 is 0. The third kappa shape index (κ3) is 3.50. The van der Waals surface area contributed by atoms with Gasteiger partial charge in [-0.05, 0) is 73.1 Å². The first-order valence-corrected chi connectivity index (χ1v) is 8.50. The largest absolute Gasteiger partial charge is 0.393 e. The van der Waals surface area contributed by atoms with Crippen LogP contribution in [0.3, 0.4) is 0 Å². The molecule has 1 aromatic heterocycles. The van der Waals surface area contributed by atoms with E-state index in [1.807, 2.05) is 11.3 Å². The summed E-state index contributed by atoms with van der Waals surface area (Å²) in [5, 5.41) is 12.3. The van der Waals surface area contributed by atoms with E-state index in [2.05, 4.69) is 35.7 Å². The van der Waals surface area contributed by atoms with Crippen LogP contribution in [-0.2, 0) is 25.7 Å². The van der Waals surface area contributed by atoms with Crippen LogP contribution in [0.1, 0.15) is 40.8 Å². The van der Waals surface area contributed by atoms with Gasteiger partial charge in [0.05, 0.1) is 6.10 Å². The number of hydrogen-bond donors (Lipinski definition) is 1. The van der Waals surface area contributed by atoms with E-state index in [1.165, 1.54) is 40.8 Å². The molecule has 20 heavy (non-hydrogen) atoms. The molecule has 1 aliphatic rings. The molecule has 1 aliphatic carbocycles. The number of aliphatic hydroxyl groups is 1. The van der Waals surface area contributed by atoms with Crippen molar-refractivity contribution in [2.24, 2.45) is 0 Å². The number of benzene rings is 1. The number of thiophene rings is 1. The smallest absolute Gasteiger partial charge is 0.0580 e. The van der Waals surface area contributed by atoms with Crippen molar-refractivity contribution in [1.29, 1.82) is 0 Å². The lowest BCUT2D eigenvalue weighted by molar-refractivity contribution is 0.162. The minimum absolute atomic E-state index is 0.200. The first-order valence-electron chi connectivity index (χ1n) is 7.62. The highest BCUT2D eigenvalue weighted by Gasteiger charge is 2.12. The van der Waals surface area contributed by atoms with Crippen LogP contribution in [-0.4, -0.2) is 11.2 Å². The molecule has 1 aromatic carbocycles. The average Bonchev–Trinajstić information content (AvgIpc) is 3.08. The molecule has 0 radical (unpaired) electrons. The lowest BCUT2D eigenvalue weighted by Gasteiger charge is -2.11. The molecule has 0 saturated heterocycles. The molecular weight excluding hydrogens is 264 g/mol. The molecule has 2 heteroatoms. The summed E-state index contributed by atoms with van der Waals surface area (Å²) in [5.41, 5.74) is 4.32. The maximum atomic E-state index is 10.2.